The molecule has 4 heteroatoms. The van der Waals surface area contributed by atoms with E-state index >= 15 is 0 Å². The summed E-state index contributed by atoms with van der Waals surface area (Å²) < 4.78 is 10.6. The molecule has 1 rings (SSSR count). The topological polar surface area (TPSA) is 59.7 Å². The van der Waals surface area contributed by atoms with E-state index in [-0.39, 0.29) is 11.4 Å². The van der Waals surface area contributed by atoms with E-state index in [2.05, 4.69) is 6.92 Å². The predicted molar refractivity (Wildman–Crippen MR) is 74.7 cm³/mol. The maximum absolute atomic E-state index is 12.0. The van der Waals surface area contributed by atoms with Gasteiger partial charge in [0.05, 0.1) is 12.7 Å². The molecule has 0 saturated heterocycles. The highest BCUT2D eigenvalue weighted by Gasteiger charge is 2.19. The molecule has 0 aliphatic heterocycles. The minimum atomic E-state index is -0.737. The van der Waals surface area contributed by atoms with Gasteiger partial charge in [-0.25, -0.2) is 0 Å². The van der Waals surface area contributed by atoms with Crippen LogP contribution in [0.15, 0.2) is 9.21 Å². The Bertz CT molecular complexity index is 462. The number of aliphatic hydroxyl groups is 1. The second-order valence-corrected chi connectivity index (χ2v) is 4.90. The van der Waals surface area contributed by atoms with Crippen LogP contribution in [0.25, 0.3) is 0 Å². The van der Waals surface area contributed by atoms with Crippen LogP contribution < -0.4 is 10.2 Å². The molecule has 0 aliphatic rings. The molecule has 0 fully saturated rings. The standard InChI is InChI=1S/C15H24O4/c1-5-6-7-8-9-12(16)14-10(2)13(17)11(3)15(18-4)19-14/h12,16H,5-9H2,1-4H3. The third-order valence-corrected chi connectivity index (χ3v) is 3.38. The average Bonchev–Trinajstić information content (AvgIpc) is 2.41. The Morgan fingerprint density at radius 3 is 2.47 bits per heavy atom. The van der Waals surface area contributed by atoms with E-state index in [1.807, 2.05) is 0 Å². The van der Waals surface area contributed by atoms with Gasteiger partial charge in [-0.2, -0.15) is 0 Å². The quantitative estimate of drug-likeness (QED) is 0.771. The molecule has 1 N–H and O–H groups in total. The Balaban J connectivity index is 2.87. The van der Waals surface area contributed by atoms with Gasteiger partial charge in [0.15, 0.2) is 5.43 Å². The van der Waals surface area contributed by atoms with Crippen molar-refractivity contribution in [2.45, 2.75) is 59.0 Å². The lowest BCUT2D eigenvalue weighted by molar-refractivity contribution is 0.124. The van der Waals surface area contributed by atoms with Crippen molar-refractivity contribution in [3.63, 3.8) is 0 Å². The third-order valence-electron chi connectivity index (χ3n) is 3.38. The summed E-state index contributed by atoms with van der Waals surface area (Å²) in [5.41, 5.74) is 0.800. The Kier molecular flexibility index (Phi) is 6.09. The van der Waals surface area contributed by atoms with Crippen molar-refractivity contribution < 1.29 is 14.3 Å². The molecule has 1 unspecified atom stereocenters. The van der Waals surface area contributed by atoms with Gasteiger partial charge in [-0.1, -0.05) is 32.6 Å². The molecule has 1 aromatic rings. The summed E-state index contributed by atoms with van der Waals surface area (Å²) in [5.74, 6) is 0.530. The molecule has 4 nitrogen and oxygen atoms in total. The minimum absolute atomic E-state index is 0.120. The lowest BCUT2D eigenvalue weighted by Crippen LogP contribution is -2.15. The van der Waals surface area contributed by atoms with E-state index in [9.17, 15) is 9.90 Å². The van der Waals surface area contributed by atoms with Crippen LogP contribution in [0.4, 0.5) is 0 Å². The maximum Gasteiger partial charge on any atom is 0.291 e. The minimum Gasteiger partial charge on any atom is -0.468 e. The molecule has 0 aliphatic carbocycles. The van der Waals surface area contributed by atoms with Gasteiger partial charge in [-0.05, 0) is 20.3 Å². The first-order chi connectivity index (χ1) is 9.02. The third kappa shape index (κ3) is 3.83. The van der Waals surface area contributed by atoms with Crippen LogP contribution in [-0.2, 0) is 0 Å². The molecule has 0 aromatic carbocycles. The summed E-state index contributed by atoms with van der Waals surface area (Å²) in [6.45, 7) is 5.49. The molecule has 0 bridgehead atoms. The highest BCUT2D eigenvalue weighted by Crippen LogP contribution is 2.26. The lowest BCUT2D eigenvalue weighted by Gasteiger charge is -2.14. The van der Waals surface area contributed by atoms with E-state index in [1.54, 1.807) is 13.8 Å². The zero-order chi connectivity index (χ0) is 14.4. The number of hydrogen-bond acceptors (Lipinski definition) is 4. The number of rotatable bonds is 7. The van der Waals surface area contributed by atoms with Gasteiger partial charge >= 0.3 is 0 Å². The van der Waals surface area contributed by atoms with E-state index < -0.39 is 6.10 Å². The molecule has 108 valence electrons. The molecule has 0 amide bonds. The predicted octanol–water partition coefficient (Wildman–Crippen LogP) is 3.27. The Morgan fingerprint density at radius 2 is 1.89 bits per heavy atom. The normalized spacial score (nSPS) is 12.5. The van der Waals surface area contributed by atoms with Gasteiger partial charge in [0.1, 0.15) is 11.9 Å². The molecular weight excluding hydrogens is 244 g/mol. The van der Waals surface area contributed by atoms with Gasteiger partial charge in [-0.15, -0.1) is 0 Å². The fourth-order valence-corrected chi connectivity index (χ4v) is 2.15. The molecule has 1 atom stereocenters. The van der Waals surface area contributed by atoms with Crippen LogP contribution in [0.1, 0.15) is 62.0 Å². The van der Waals surface area contributed by atoms with E-state index in [0.29, 0.717) is 23.3 Å². The fourth-order valence-electron chi connectivity index (χ4n) is 2.15. The van der Waals surface area contributed by atoms with E-state index in [4.69, 9.17) is 9.15 Å². The zero-order valence-corrected chi connectivity index (χ0v) is 12.3. The van der Waals surface area contributed by atoms with Crippen LogP contribution in [0.3, 0.4) is 0 Å². The number of aliphatic hydroxyl groups excluding tert-OH is 1. The van der Waals surface area contributed by atoms with Crippen molar-refractivity contribution in [1.29, 1.82) is 0 Å². The van der Waals surface area contributed by atoms with Crippen LogP contribution in [0, 0.1) is 13.8 Å². The van der Waals surface area contributed by atoms with Gasteiger partial charge in [0, 0.05) is 5.56 Å². The summed E-state index contributed by atoms with van der Waals surface area (Å²) in [4.78, 5) is 12.0. The second-order valence-electron chi connectivity index (χ2n) is 4.90. The van der Waals surface area contributed by atoms with Crippen LogP contribution in [0.5, 0.6) is 5.95 Å². The average molecular weight is 268 g/mol. The molecule has 1 heterocycles. The summed E-state index contributed by atoms with van der Waals surface area (Å²) in [5, 5.41) is 10.1. The summed E-state index contributed by atoms with van der Waals surface area (Å²) >= 11 is 0. The molecule has 0 spiro atoms. The van der Waals surface area contributed by atoms with Crippen molar-refractivity contribution in [3.8, 4) is 5.95 Å². The largest absolute Gasteiger partial charge is 0.468 e. The molecular formula is C15H24O4. The first kappa shape index (κ1) is 15.8. The number of ether oxygens (including phenoxy) is 1. The monoisotopic (exact) mass is 268 g/mol. The van der Waals surface area contributed by atoms with Crippen molar-refractivity contribution >= 4 is 0 Å². The SMILES string of the molecule is CCCCCCC(O)c1oc(OC)c(C)c(=O)c1C. The first-order valence-corrected chi connectivity index (χ1v) is 6.89. The lowest BCUT2D eigenvalue weighted by atomic mass is 10.0. The second kappa shape index (κ2) is 7.34. The molecule has 0 radical (unpaired) electrons. The van der Waals surface area contributed by atoms with Crippen LogP contribution in [-0.4, -0.2) is 12.2 Å². The van der Waals surface area contributed by atoms with Gasteiger partial charge < -0.3 is 14.3 Å². The van der Waals surface area contributed by atoms with Crippen molar-refractivity contribution in [2.24, 2.45) is 0 Å². The van der Waals surface area contributed by atoms with Crippen molar-refractivity contribution in [2.75, 3.05) is 7.11 Å². The van der Waals surface area contributed by atoms with Crippen molar-refractivity contribution in [1.82, 2.24) is 0 Å². The first-order valence-electron chi connectivity index (χ1n) is 6.89. The zero-order valence-electron chi connectivity index (χ0n) is 12.3. The van der Waals surface area contributed by atoms with Gasteiger partial charge in [0.25, 0.3) is 5.95 Å². The van der Waals surface area contributed by atoms with E-state index in [1.165, 1.54) is 7.11 Å². The van der Waals surface area contributed by atoms with Gasteiger partial charge in [-0.3, -0.25) is 4.79 Å². The fraction of sp³-hybridized carbons (Fsp3) is 0.667. The van der Waals surface area contributed by atoms with Crippen LogP contribution in [0.2, 0.25) is 0 Å². The number of methoxy groups -OCH3 is 1. The van der Waals surface area contributed by atoms with Crippen molar-refractivity contribution in [3.05, 3.63) is 27.1 Å². The molecule has 19 heavy (non-hydrogen) atoms. The summed E-state index contributed by atoms with van der Waals surface area (Å²) in [6.07, 6.45) is 4.19. The van der Waals surface area contributed by atoms with Crippen LogP contribution >= 0.6 is 0 Å². The summed E-state index contributed by atoms with van der Waals surface area (Å²) in [7, 11) is 1.46. The Morgan fingerprint density at radius 1 is 1.21 bits per heavy atom. The van der Waals surface area contributed by atoms with Gasteiger partial charge in [0.2, 0.25) is 0 Å². The molecule has 1 aromatic heterocycles. The highest BCUT2D eigenvalue weighted by atomic mass is 16.6. The van der Waals surface area contributed by atoms with E-state index in [0.717, 1.165) is 25.7 Å². The summed E-state index contributed by atoms with van der Waals surface area (Å²) in [6, 6.07) is 0. The highest BCUT2D eigenvalue weighted by molar-refractivity contribution is 5.30. The number of hydrogen-bond donors (Lipinski definition) is 1. The Hall–Kier alpha value is -1.29. The Labute approximate surface area is 114 Å². The maximum atomic E-state index is 12.0. The molecule has 0 saturated carbocycles. The number of unbranched alkanes of at least 4 members (excludes halogenated alkanes) is 3. The smallest absolute Gasteiger partial charge is 0.291 e.